The Morgan fingerprint density at radius 3 is 2.31 bits per heavy atom. The van der Waals surface area contributed by atoms with Crippen molar-refractivity contribution in [3.63, 3.8) is 0 Å². The highest BCUT2D eigenvalue weighted by molar-refractivity contribution is 6.01. The maximum atomic E-state index is 17.0. The number of anilines is 1. The molecule has 2 aromatic heterocycles. The lowest BCUT2D eigenvalue weighted by molar-refractivity contribution is -0.367. The van der Waals surface area contributed by atoms with E-state index < -0.39 is 23.8 Å². The van der Waals surface area contributed by atoms with Crippen LogP contribution in [0.15, 0.2) is 30.3 Å². The minimum atomic E-state index is -5.46. The number of nitrogens with one attached hydrogen (secondary N) is 1. The van der Waals surface area contributed by atoms with E-state index in [1.165, 1.54) is 18.9 Å². The van der Waals surface area contributed by atoms with Gasteiger partial charge in [0.05, 0.1) is 16.6 Å². The smallest absolute Gasteiger partial charge is 0.426 e. The van der Waals surface area contributed by atoms with Crippen LogP contribution in [-0.2, 0) is 11.2 Å². The number of hydrogen-bond acceptors (Lipinski definition) is 8. The van der Waals surface area contributed by atoms with Crippen LogP contribution in [0, 0.1) is 18.6 Å². The van der Waals surface area contributed by atoms with E-state index in [9.17, 15) is 30.7 Å². The molecule has 5 aliphatic rings. The number of methoxy groups -OCH3 is 1. The second-order valence-electron chi connectivity index (χ2n) is 15.6. The Morgan fingerprint density at radius 2 is 1.64 bits per heavy atom. The van der Waals surface area contributed by atoms with Gasteiger partial charge in [-0.2, -0.15) is 36.3 Å². The normalized spacial score (nSPS) is 23.4. The molecule has 3 atom stereocenters. The summed E-state index contributed by atoms with van der Waals surface area (Å²) in [5.41, 5.74) is -1.70. The standard InChI is InChI=1S/C34H36F2N6O.C5H6F6O/c1-19-23(35)9-7-20-5-2-6-22(27(19)20)30-29(36)31-28-25(38-30)11-12-26-24-10-8-21(37-24)17-42(26)32(28)40-33(39-31)43-18-34-13-3-15-41(34)16-4-14-34;1-3(12-2,4(6,7)8)5(9,10)11/h2,5-7,9,21,24,26,37H,3-4,8,10-18H2,1H3;1-2H3/t21-,24-,26?;/m0./s1. The number of ether oxygens (including phenoxy) is 2. The van der Waals surface area contributed by atoms with Gasteiger partial charge in [0.15, 0.2) is 5.82 Å². The first-order valence-electron chi connectivity index (χ1n) is 18.7. The zero-order valence-corrected chi connectivity index (χ0v) is 30.7. The number of alkyl halides is 6. The van der Waals surface area contributed by atoms with Crippen molar-refractivity contribution in [2.45, 2.75) is 107 Å². The summed E-state index contributed by atoms with van der Waals surface area (Å²) >= 11 is 0. The maximum Gasteiger partial charge on any atom is 0.426 e. The van der Waals surface area contributed by atoms with Crippen molar-refractivity contribution >= 4 is 27.5 Å². The average Bonchev–Trinajstić information content (AvgIpc) is 3.82. The van der Waals surface area contributed by atoms with Gasteiger partial charge in [-0.1, -0.05) is 24.3 Å². The Bertz CT molecular complexity index is 2100. The fourth-order valence-electron chi connectivity index (χ4n) is 9.39. The first-order chi connectivity index (χ1) is 26.0. The van der Waals surface area contributed by atoms with E-state index in [1.54, 1.807) is 13.0 Å². The number of halogens is 8. The van der Waals surface area contributed by atoms with Crippen molar-refractivity contribution in [1.82, 2.24) is 25.2 Å². The third-order valence-electron chi connectivity index (χ3n) is 12.6. The van der Waals surface area contributed by atoms with Crippen molar-refractivity contribution in [2.75, 3.05) is 38.3 Å². The lowest BCUT2D eigenvalue weighted by atomic mass is 9.95. The van der Waals surface area contributed by atoms with Crippen LogP contribution in [0.4, 0.5) is 40.9 Å². The Morgan fingerprint density at radius 1 is 0.909 bits per heavy atom. The van der Waals surface area contributed by atoms with Crippen LogP contribution < -0.4 is 15.0 Å². The number of pyridine rings is 1. The number of piperazine rings is 1. The van der Waals surface area contributed by atoms with Gasteiger partial charge in [0, 0.05) is 37.3 Å². The molecule has 1 N–H and O–H groups in total. The SMILES string of the molecule is COC(C)(C(F)(F)F)C(F)(F)F.Cc1c(F)ccc2cccc(-c3nc4c5c(nc(OCC67CCCN6CCC7)nc5c3F)N3C[C@@H]5CC[C@H](N5)C3CC4)c12. The Hall–Kier alpha value is -3.89. The highest BCUT2D eigenvalue weighted by Crippen LogP contribution is 2.46. The number of hydrogen-bond donors (Lipinski definition) is 1. The Kier molecular flexibility index (Phi) is 9.43. The van der Waals surface area contributed by atoms with Crippen LogP contribution in [0.1, 0.15) is 63.1 Å². The number of aromatic nitrogens is 3. The molecule has 16 heteroatoms. The molecule has 4 saturated heterocycles. The summed E-state index contributed by atoms with van der Waals surface area (Å²) in [6.45, 7) is 5.24. The molecule has 296 valence electrons. The maximum absolute atomic E-state index is 17.0. The summed E-state index contributed by atoms with van der Waals surface area (Å²) in [5.74, 6) is -0.0612. The zero-order chi connectivity index (χ0) is 39.1. The van der Waals surface area contributed by atoms with Gasteiger partial charge >= 0.3 is 18.4 Å². The number of benzene rings is 2. The van der Waals surface area contributed by atoms with Crippen molar-refractivity contribution in [3.8, 4) is 17.3 Å². The molecule has 5 aliphatic heterocycles. The summed E-state index contributed by atoms with van der Waals surface area (Å²) in [5, 5.41) is 6.04. The molecule has 55 heavy (non-hydrogen) atoms. The van der Waals surface area contributed by atoms with Crippen molar-refractivity contribution in [2.24, 2.45) is 0 Å². The first kappa shape index (κ1) is 38.0. The summed E-state index contributed by atoms with van der Waals surface area (Å²) in [6, 6.07) is 10.1. The van der Waals surface area contributed by atoms with E-state index in [0.717, 1.165) is 68.6 Å². The van der Waals surface area contributed by atoms with E-state index in [-0.39, 0.29) is 41.5 Å². The summed E-state index contributed by atoms with van der Waals surface area (Å²) in [4.78, 5) is 19.8. The zero-order valence-electron chi connectivity index (χ0n) is 30.7. The number of rotatable bonds is 5. The third-order valence-corrected chi connectivity index (χ3v) is 12.6. The molecular weight excluding hydrogens is 736 g/mol. The molecule has 7 heterocycles. The van der Waals surface area contributed by atoms with E-state index in [4.69, 9.17) is 19.7 Å². The number of aryl methyl sites for hydroxylation is 2. The lowest BCUT2D eigenvalue weighted by Gasteiger charge is -2.41. The highest BCUT2D eigenvalue weighted by atomic mass is 19.4. The summed E-state index contributed by atoms with van der Waals surface area (Å²) in [6.07, 6.45) is -2.48. The predicted octanol–water partition coefficient (Wildman–Crippen LogP) is 8.21. The molecule has 0 saturated carbocycles. The van der Waals surface area contributed by atoms with Gasteiger partial charge in [0.1, 0.15) is 29.5 Å². The van der Waals surface area contributed by atoms with Crippen molar-refractivity contribution in [1.29, 1.82) is 0 Å². The van der Waals surface area contributed by atoms with Crippen LogP contribution in [-0.4, -0.2) is 94.8 Å². The van der Waals surface area contributed by atoms with Gasteiger partial charge in [-0.25, -0.2) is 13.8 Å². The molecule has 1 unspecified atom stereocenters. The fraction of sp³-hybridized carbons (Fsp3) is 0.564. The molecule has 4 fully saturated rings. The molecule has 0 spiro atoms. The van der Waals surface area contributed by atoms with E-state index >= 15 is 4.39 Å². The average molecular weight is 779 g/mol. The second-order valence-corrected chi connectivity index (χ2v) is 15.6. The van der Waals surface area contributed by atoms with Gasteiger partial charge < -0.3 is 19.7 Å². The van der Waals surface area contributed by atoms with Crippen LogP contribution >= 0.6 is 0 Å². The van der Waals surface area contributed by atoms with Crippen molar-refractivity contribution < 1.29 is 44.6 Å². The topological polar surface area (TPSA) is 75.6 Å². The van der Waals surface area contributed by atoms with Crippen LogP contribution in [0.5, 0.6) is 6.01 Å². The molecule has 2 aromatic carbocycles. The van der Waals surface area contributed by atoms with Gasteiger partial charge in [-0.15, -0.1) is 0 Å². The third kappa shape index (κ3) is 6.26. The van der Waals surface area contributed by atoms with Crippen molar-refractivity contribution in [3.05, 3.63) is 53.2 Å². The number of fused-ring (bicyclic) bond motifs is 7. The quantitative estimate of drug-likeness (QED) is 0.204. The molecular formula is C39H42F8N6O2. The minimum Gasteiger partial charge on any atom is -0.461 e. The Balaban J connectivity index is 0.000000310. The molecule has 2 bridgehead atoms. The highest BCUT2D eigenvalue weighted by Gasteiger charge is 2.68. The predicted molar refractivity (Wildman–Crippen MR) is 190 cm³/mol. The van der Waals surface area contributed by atoms with Crippen LogP contribution in [0.25, 0.3) is 32.9 Å². The van der Waals surface area contributed by atoms with Gasteiger partial charge in [0.2, 0.25) is 0 Å². The molecule has 9 rings (SSSR count). The largest absolute Gasteiger partial charge is 0.461 e. The molecule has 8 nitrogen and oxygen atoms in total. The van der Waals surface area contributed by atoms with Gasteiger partial charge in [0.25, 0.3) is 5.60 Å². The van der Waals surface area contributed by atoms with Crippen LogP contribution in [0.3, 0.4) is 0 Å². The molecule has 0 radical (unpaired) electrons. The Labute approximate surface area is 312 Å². The summed E-state index contributed by atoms with van der Waals surface area (Å²) < 4.78 is 112. The van der Waals surface area contributed by atoms with E-state index in [0.29, 0.717) is 54.1 Å². The monoisotopic (exact) mass is 778 g/mol. The summed E-state index contributed by atoms with van der Waals surface area (Å²) in [7, 11) is 0.362. The fourth-order valence-corrected chi connectivity index (χ4v) is 9.39. The van der Waals surface area contributed by atoms with E-state index in [2.05, 4.69) is 19.9 Å². The molecule has 4 aromatic rings. The first-order valence-corrected chi connectivity index (χ1v) is 18.7. The lowest BCUT2D eigenvalue weighted by Crippen LogP contribution is -2.58. The van der Waals surface area contributed by atoms with Crippen LogP contribution in [0.2, 0.25) is 0 Å². The van der Waals surface area contributed by atoms with Gasteiger partial charge in [-0.05, 0) is 101 Å². The van der Waals surface area contributed by atoms with E-state index in [1.807, 2.05) is 18.2 Å². The molecule has 0 aliphatic carbocycles. The van der Waals surface area contributed by atoms with Gasteiger partial charge in [-0.3, -0.25) is 4.90 Å². The number of nitrogens with zero attached hydrogens (tertiary/aromatic N) is 5. The minimum absolute atomic E-state index is 0.0286. The molecule has 0 amide bonds. The second kappa shape index (κ2) is 13.6.